The van der Waals surface area contributed by atoms with Gasteiger partial charge in [-0.1, -0.05) is 6.92 Å². The van der Waals surface area contributed by atoms with E-state index in [1.54, 1.807) is 0 Å². The van der Waals surface area contributed by atoms with Crippen molar-refractivity contribution in [1.29, 1.82) is 0 Å². The summed E-state index contributed by atoms with van der Waals surface area (Å²) in [6, 6.07) is 0. The van der Waals surface area contributed by atoms with Crippen molar-refractivity contribution in [3.05, 3.63) is 0 Å². The summed E-state index contributed by atoms with van der Waals surface area (Å²) in [7, 11) is 2.70. The molecule has 1 unspecified atom stereocenters. The summed E-state index contributed by atoms with van der Waals surface area (Å²) >= 11 is 0. The Morgan fingerprint density at radius 1 is 1.30 bits per heavy atom. The summed E-state index contributed by atoms with van der Waals surface area (Å²) in [5, 5.41) is 2.02. The number of hydroxylamine groups is 2. The van der Waals surface area contributed by atoms with Gasteiger partial charge in [0.2, 0.25) is 0 Å². The molecule has 10 heavy (non-hydrogen) atoms. The van der Waals surface area contributed by atoms with Gasteiger partial charge < -0.3 is 0 Å². The maximum Gasteiger partial charge on any atom is 0.0656 e. The highest BCUT2D eigenvalue weighted by Crippen LogP contribution is 1.94. The van der Waals surface area contributed by atoms with Gasteiger partial charge in [0.05, 0.1) is 6.61 Å². The number of nitrogens with zero attached hydrogens (tertiary/aromatic N) is 1. The molecule has 0 aromatic carbocycles. The fraction of sp³-hybridized carbons (Fsp3) is 1.00. The molecule has 0 rings (SSSR count). The average Bonchev–Trinajstić information content (AvgIpc) is 1.90. The molecular weight excluding hydrogens is 145 g/mol. The Morgan fingerprint density at radius 3 is 2.40 bits per heavy atom. The van der Waals surface area contributed by atoms with E-state index in [9.17, 15) is 0 Å². The lowest BCUT2D eigenvalue weighted by Gasteiger charge is -2.18. The smallest absolute Gasteiger partial charge is 0.0656 e. The Balaban J connectivity index is 3.30. The van der Waals surface area contributed by atoms with E-state index in [0.717, 1.165) is 32.3 Å². The summed E-state index contributed by atoms with van der Waals surface area (Å²) in [6.45, 7) is 7.03. The first kappa shape index (κ1) is 10.3. The second kappa shape index (κ2) is 7.46. The second-order valence-electron chi connectivity index (χ2n) is 2.14. The molecular formula is C7H18NOP. The molecule has 0 aromatic rings. The Hall–Kier alpha value is 0.350. The third kappa shape index (κ3) is 5.16. The Kier molecular flexibility index (Phi) is 7.72. The van der Waals surface area contributed by atoms with Crippen LogP contribution in [0.1, 0.15) is 20.3 Å². The van der Waals surface area contributed by atoms with Crippen LogP contribution in [0.25, 0.3) is 0 Å². The molecule has 0 spiro atoms. The van der Waals surface area contributed by atoms with Gasteiger partial charge in [-0.05, 0) is 19.5 Å². The van der Waals surface area contributed by atoms with Crippen molar-refractivity contribution < 1.29 is 4.84 Å². The zero-order valence-electron chi connectivity index (χ0n) is 6.97. The van der Waals surface area contributed by atoms with Gasteiger partial charge in [-0.2, -0.15) is 5.06 Å². The van der Waals surface area contributed by atoms with Crippen molar-refractivity contribution in [2.24, 2.45) is 0 Å². The molecule has 0 saturated carbocycles. The highest BCUT2D eigenvalue weighted by atomic mass is 31.0. The lowest BCUT2D eigenvalue weighted by Crippen LogP contribution is -2.26. The van der Waals surface area contributed by atoms with E-state index in [1.165, 1.54) is 0 Å². The quantitative estimate of drug-likeness (QED) is 0.435. The Morgan fingerprint density at radius 2 is 2.00 bits per heavy atom. The molecule has 1 atom stereocenters. The van der Waals surface area contributed by atoms with Crippen LogP contribution < -0.4 is 0 Å². The van der Waals surface area contributed by atoms with Crippen LogP contribution in [0.3, 0.4) is 0 Å². The predicted octanol–water partition coefficient (Wildman–Crippen LogP) is 1.52. The van der Waals surface area contributed by atoms with Crippen LogP contribution in [0.15, 0.2) is 0 Å². The van der Waals surface area contributed by atoms with E-state index in [1.807, 2.05) is 12.0 Å². The molecule has 0 fully saturated rings. The first-order chi connectivity index (χ1) is 4.85. The normalized spacial score (nSPS) is 10.8. The van der Waals surface area contributed by atoms with E-state index in [2.05, 4.69) is 16.2 Å². The van der Waals surface area contributed by atoms with E-state index in [4.69, 9.17) is 4.84 Å². The Bertz CT molecular complexity index is 56.4. The highest BCUT2D eigenvalue weighted by molar-refractivity contribution is 7.16. The van der Waals surface area contributed by atoms with Gasteiger partial charge in [0.25, 0.3) is 0 Å². The maximum atomic E-state index is 5.34. The maximum absolute atomic E-state index is 5.34. The fourth-order valence-corrected chi connectivity index (χ4v) is 1.10. The van der Waals surface area contributed by atoms with Crippen LogP contribution in [0.5, 0.6) is 0 Å². The van der Waals surface area contributed by atoms with E-state index in [-0.39, 0.29) is 0 Å². The van der Waals surface area contributed by atoms with Crippen molar-refractivity contribution in [2.45, 2.75) is 20.3 Å². The largest absolute Gasteiger partial charge is 0.299 e. The monoisotopic (exact) mass is 163 g/mol. The zero-order valence-corrected chi connectivity index (χ0v) is 8.12. The number of hydrogen-bond acceptors (Lipinski definition) is 2. The minimum atomic E-state index is 0.782. The molecule has 0 heterocycles. The molecule has 0 bridgehead atoms. The molecule has 3 heteroatoms. The van der Waals surface area contributed by atoms with Crippen molar-refractivity contribution in [3.8, 4) is 0 Å². The molecule has 0 radical (unpaired) electrons. The molecule has 0 amide bonds. The number of rotatable bonds is 6. The molecule has 62 valence electrons. The molecule has 2 nitrogen and oxygen atoms in total. The van der Waals surface area contributed by atoms with Gasteiger partial charge in [-0.15, -0.1) is 9.24 Å². The van der Waals surface area contributed by atoms with Crippen molar-refractivity contribution in [3.63, 3.8) is 0 Å². The van der Waals surface area contributed by atoms with Gasteiger partial charge in [-0.25, -0.2) is 0 Å². The molecule has 0 aliphatic heterocycles. The van der Waals surface area contributed by atoms with Crippen LogP contribution in [0.2, 0.25) is 0 Å². The first-order valence-corrected chi connectivity index (χ1v) is 4.74. The first-order valence-electron chi connectivity index (χ1n) is 3.93. The molecule has 0 aliphatic rings. The highest BCUT2D eigenvalue weighted by Gasteiger charge is 1.99. The summed E-state index contributed by atoms with van der Waals surface area (Å²) < 4.78 is 0. The summed E-state index contributed by atoms with van der Waals surface area (Å²) in [5.74, 6) is 0. The third-order valence-corrected chi connectivity index (χ3v) is 1.42. The summed E-state index contributed by atoms with van der Waals surface area (Å²) in [6.07, 6.45) is 2.24. The van der Waals surface area contributed by atoms with Crippen LogP contribution in [0, 0.1) is 0 Å². The minimum Gasteiger partial charge on any atom is -0.299 e. The lowest BCUT2D eigenvalue weighted by atomic mass is 10.5. The van der Waals surface area contributed by atoms with Gasteiger partial charge in [0.1, 0.15) is 0 Å². The van der Waals surface area contributed by atoms with Gasteiger partial charge in [0, 0.05) is 13.1 Å². The van der Waals surface area contributed by atoms with Crippen LogP contribution in [-0.4, -0.2) is 30.9 Å². The average molecular weight is 163 g/mol. The number of hydrogen-bond donors (Lipinski definition) is 0. The van der Waals surface area contributed by atoms with Crippen LogP contribution >= 0.6 is 9.24 Å². The Labute approximate surface area is 66.1 Å². The molecule has 0 aromatic heterocycles. The van der Waals surface area contributed by atoms with Crippen LogP contribution in [-0.2, 0) is 4.84 Å². The van der Waals surface area contributed by atoms with Gasteiger partial charge >= 0.3 is 0 Å². The SMILES string of the molecule is CCCN(CCP)OCC. The second-order valence-corrected chi connectivity index (χ2v) is 2.71. The van der Waals surface area contributed by atoms with Gasteiger partial charge in [0.15, 0.2) is 0 Å². The minimum absolute atomic E-state index is 0.782. The van der Waals surface area contributed by atoms with E-state index >= 15 is 0 Å². The van der Waals surface area contributed by atoms with Crippen molar-refractivity contribution in [2.75, 3.05) is 25.9 Å². The zero-order chi connectivity index (χ0) is 7.82. The fourth-order valence-electron chi connectivity index (χ4n) is 0.817. The van der Waals surface area contributed by atoms with Crippen molar-refractivity contribution in [1.82, 2.24) is 5.06 Å². The predicted molar refractivity (Wildman–Crippen MR) is 48.1 cm³/mol. The molecule has 0 aliphatic carbocycles. The third-order valence-electron chi connectivity index (χ3n) is 1.16. The van der Waals surface area contributed by atoms with Crippen LogP contribution in [0.4, 0.5) is 0 Å². The molecule has 0 N–H and O–H groups in total. The molecule has 0 saturated heterocycles. The van der Waals surface area contributed by atoms with E-state index in [0.29, 0.717) is 0 Å². The lowest BCUT2D eigenvalue weighted by molar-refractivity contribution is -0.150. The van der Waals surface area contributed by atoms with Crippen molar-refractivity contribution >= 4 is 9.24 Å². The standard InChI is InChI=1S/C7H18NOP/c1-3-5-8(6-7-10)9-4-2/h3-7,10H2,1-2H3. The van der Waals surface area contributed by atoms with E-state index < -0.39 is 0 Å². The summed E-state index contributed by atoms with van der Waals surface area (Å²) in [5.41, 5.74) is 0. The van der Waals surface area contributed by atoms with Gasteiger partial charge in [-0.3, -0.25) is 4.84 Å². The summed E-state index contributed by atoms with van der Waals surface area (Å²) in [4.78, 5) is 5.34. The topological polar surface area (TPSA) is 12.5 Å².